The van der Waals surface area contributed by atoms with Crippen LogP contribution in [0.15, 0.2) is 42.5 Å². The molecule has 0 fully saturated rings. The third-order valence-corrected chi connectivity index (χ3v) is 6.10. The van der Waals surface area contributed by atoms with Gasteiger partial charge < -0.3 is 15.0 Å². The van der Waals surface area contributed by atoms with E-state index < -0.39 is 35.2 Å². The average molecular weight is 434 g/mol. The molecular weight excluding hydrogens is 416 g/mol. The zero-order valence-electron chi connectivity index (χ0n) is 16.8. The highest BCUT2D eigenvalue weighted by Gasteiger charge is 2.40. The number of aromatic amines is 1. The summed E-state index contributed by atoms with van der Waals surface area (Å²) in [5.74, 6) is -1.90. The van der Waals surface area contributed by atoms with Gasteiger partial charge in [-0.3, -0.25) is 29.4 Å². The first-order valence-electron chi connectivity index (χ1n) is 10.0. The number of aromatic nitrogens is 1. The number of fused-ring (bicyclic) bond motifs is 4. The number of carbonyl (C=O) groups is 3. The van der Waals surface area contributed by atoms with E-state index in [1.165, 1.54) is 11.0 Å². The Morgan fingerprint density at radius 2 is 1.91 bits per heavy atom. The summed E-state index contributed by atoms with van der Waals surface area (Å²) in [7, 11) is 0. The molecule has 2 N–H and O–H groups in total. The Labute approximate surface area is 181 Å². The largest absolute Gasteiger partial charge is 0.394 e. The number of imide groups is 1. The van der Waals surface area contributed by atoms with E-state index in [9.17, 15) is 29.6 Å². The number of nitro groups is 1. The average Bonchev–Trinajstić information content (AvgIpc) is 3.27. The quantitative estimate of drug-likeness (QED) is 0.364. The van der Waals surface area contributed by atoms with Gasteiger partial charge in [-0.25, -0.2) is 0 Å². The van der Waals surface area contributed by atoms with Crippen LogP contribution in [0.4, 0.5) is 5.69 Å². The molecule has 2 aromatic carbocycles. The number of rotatable bonds is 4. The second-order valence-corrected chi connectivity index (χ2v) is 7.87. The van der Waals surface area contributed by atoms with E-state index in [0.717, 1.165) is 39.2 Å². The van der Waals surface area contributed by atoms with E-state index in [2.05, 4.69) is 4.98 Å². The predicted octanol–water partition coefficient (Wildman–Crippen LogP) is 1.62. The summed E-state index contributed by atoms with van der Waals surface area (Å²) in [6.07, 6.45) is 0.440. The standard InChI is InChI=1S/C22H18N4O6/c27-11-13-8-16-14-3-1-2-4-18(14)23-19(16)9-24(13)20(28)10-25-21(29)15-6-5-12(26(31)32)7-17(15)22(25)30/h1-7,13,23,27H,8-11H2. The van der Waals surface area contributed by atoms with Gasteiger partial charge >= 0.3 is 0 Å². The third kappa shape index (κ3) is 2.95. The van der Waals surface area contributed by atoms with E-state index in [4.69, 9.17) is 0 Å². The molecule has 0 radical (unpaired) electrons. The van der Waals surface area contributed by atoms with Gasteiger partial charge in [0.15, 0.2) is 0 Å². The van der Waals surface area contributed by atoms with Crippen molar-refractivity contribution in [2.24, 2.45) is 0 Å². The number of non-ortho nitro benzene ring substituents is 1. The highest BCUT2D eigenvalue weighted by Crippen LogP contribution is 2.31. The maximum absolute atomic E-state index is 13.1. The Balaban J connectivity index is 1.40. The lowest BCUT2D eigenvalue weighted by atomic mass is 9.97. The molecule has 0 aliphatic carbocycles. The maximum atomic E-state index is 13.1. The topological polar surface area (TPSA) is 137 Å². The molecule has 0 saturated carbocycles. The number of hydrogen-bond acceptors (Lipinski definition) is 6. The van der Waals surface area contributed by atoms with E-state index in [1.54, 1.807) is 0 Å². The van der Waals surface area contributed by atoms with Gasteiger partial charge in [0.25, 0.3) is 17.5 Å². The number of H-pyrrole nitrogens is 1. The summed E-state index contributed by atoms with van der Waals surface area (Å²) in [6.45, 7) is -0.562. The van der Waals surface area contributed by atoms with Crippen molar-refractivity contribution in [3.8, 4) is 0 Å². The van der Waals surface area contributed by atoms with Crippen LogP contribution in [0, 0.1) is 10.1 Å². The van der Waals surface area contributed by atoms with Crippen LogP contribution in [0.25, 0.3) is 10.9 Å². The lowest BCUT2D eigenvalue weighted by Crippen LogP contribution is -2.50. The number of nitrogens with zero attached hydrogens (tertiary/aromatic N) is 3. The van der Waals surface area contributed by atoms with Gasteiger partial charge in [0.1, 0.15) is 6.54 Å². The van der Waals surface area contributed by atoms with Crippen LogP contribution in [0.3, 0.4) is 0 Å². The molecule has 1 atom stereocenters. The summed E-state index contributed by atoms with van der Waals surface area (Å²) in [6, 6.07) is 10.7. The van der Waals surface area contributed by atoms with E-state index in [1.807, 2.05) is 24.3 Å². The Bertz CT molecular complexity index is 1310. The Hall–Kier alpha value is -4.05. The summed E-state index contributed by atoms with van der Waals surface area (Å²) in [4.78, 5) is 54.4. The van der Waals surface area contributed by atoms with Gasteiger partial charge in [0.05, 0.1) is 35.2 Å². The van der Waals surface area contributed by atoms with Gasteiger partial charge in [-0.05, 0) is 24.1 Å². The predicted molar refractivity (Wildman–Crippen MR) is 112 cm³/mol. The zero-order valence-corrected chi connectivity index (χ0v) is 16.8. The Morgan fingerprint density at radius 1 is 1.16 bits per heavy atom. The molecule has 10 heteroatoms. The molecule has 10 nitrogen and oxygen atoms in total. The molecule has 32 heavy (non-hydrogen) atoms. The monoisotopic (exact) mass is 434 g/mol. The normalized spacial score (nSPS) is 17.6. The highest BCUT2D eigenvalue weighted by molar-refractivity contribution is 6.22. The number of carbonyl (C=O) groups excluding carboxylic acids is 3. The van der Waals surface area contributed by atoms with Gasteiger partial charge in [-0.1, -0.05) is 18.2 Å². The molecule has 1 unspecified atom stereocenters. The maximum Gasteiger partial charge on any atom is 0.270 e. The molecule has 2 aliphatic heterocycles. The molecule has 1 aromatic heterocycles. The van der Waals surface area contributed by atoms with Crippen LogP contribution >= 0.6 is 0 Å². The van der Waals surface area contributed by atoms with Crippen LogP contribution in [-0.2, 0) is 17.8 Å². The van der Waals surface area contributed by atoms with Crippen LogP contribution < -0.4 is 0 Å². The number of amides is 3. The van der Waals surface area contributed by atoms with Gasteiger partial charge in [0.2, 0.25) is 5.91 Å². The smallest absolute Gasteiger partial charge is 0.270 e. The van der Waals surface area contributed by atoms with Crippen LogP contribution in [0.1, 0.15) is 32.0 Å². The van der Waals surface area contributed by atoms with Gasteiger partial charge in [-0.15, -0.1) is 0 Å². The van der Waals surface area contributed by atoms with Crippen molar-refractivity contribution < 1.29 is 24.4 Å². The SMILES string of the molecule is O=C1c2ccc([N+](=O)[O-])cc2C(=O)N1CC(=O)N1Cc2[nH]c3ccccc3c2CC1CO. The minimum Gasteiger partial charge on any atom is -0.394 e. The molecule has 3 amide bonds. The lowest BCUT2D eigenvalue weighted by Gasteiger charge is -2.35. The molecule has 3 aromatic rings. The van der Waals surface area contributed by atoms with E-state index >= 15 is 0 Å². The number of para-hydroxylation sites is 1. The summed E-state index contributed by atoms with van der Waals surface area (Å²) in [5, 5.41) is 22.0. The number of aliphatic hydroxyl groups is 1. The lowest BCUT2D eigenvalue weighted by molar-refractivity contribution is -0.384. The van der Waals surface area contributed by atoms with E-state index in [0.29, 0.717) is 6.42 Å². The van der Waals surface area contributed by atoms with Crippen LogP contribution in [0.5, 0.6) is 0 Å². The molecule has 3 heterocycles. The van der Waals surface area contributed by atoms with Crippen molar-refractivity contribution in [3.05, 3.63) is 75.0 Å². The minimum atomic E-state index is -0.745. The second-order valence-electron chi connectivity index (χ2n) is 7.87. The molecule has 2 aliphatic rings. The van der Waals surface area contributed by atoms with Crippen molar-refractivity contribution in [2.75, 3.05) is 13.2 Å². The summed E-state index contributed by atoms with van der Waals surface area (Å²) in [5.41, 5.74) is 2.46. The minimum absolute atomic E-state index is 0.0312. The molecule has 0 spiro atoms. The molecule has 162 valence electrons. The number of aliphatic hydroxyl groups excluding tert-OH is 1. The molecule has 0 bridgehead atoms. The molecule has 0 saturated heterocycles. The van der Waals surface area contributed by atoms with Gasteiger partial charge in [0, 0.05) is 28.7 Å². The van der Waals surface area contributed by atoms with Crippen molar-refractivity contribution in [1.82, 2.24) is 14.8 Å². The third-order valence-electron chi connectivity index (χ3n) is 6.10. The molecule has 5 rings (SSSR count). The fourth-order valence-electron chi connectivity index (χ4n) is 4.49. The number of nitrogens with one attached hydrogen (secondary N) is 1. The van der Waals surface area contributed by atoms with E-state index in [-0.39, 0.29) is 30.0 Å². The highest BCUT2D eigenvalue weighted by atomic mass is 16.6. The Morgan fingerprint density at radius 3 is 2.66 bits per heavy atom. The first kappa shape index (κ1) is 19.9. The first-order valence-corrected chi connectivity index (χ1v) is 10.0. The van der Waals surface area contributed by atoms with Crippen molar-refractivity contribution in [1.29, 1.82) is 0 Å². The van der Waals surface area contributed by atoms with Crippen LogP contribution in [0.2, 0.25) is 0 Å². The summed E-state index contributed by atoms with van der Waals surface area (Å²) < 4.78 is 0. The van der Waals surface area contributed by atoms with Crippen molar-refractivity contribution in [3.63, 3.8) is 0 Å². The van der Waals surface area contributed by atoms with Gasteiger partial charge in [-0.2, -0.15) is 0 Å². The first-order chi connectivity index (χ1) is 15.4. The van der Waals surface area contributed by atoms with Crippen molar-refractivity contribution in [2.45, 2.75) is 19.0 Å². The van der Waals surface area contributed by atoms with Crippen molar-refractivity contribution >= 4 is 34.3 Å². The number of nitro benzene ring substituents is 1. The fourth-order valence-corrected chi connectivity index (χ4v) is 4.49. The number of benzene rings is 2. The molecular formula is C22H18N4O6. The summed E-state index contributed by atoms with van der Waals surface area (Å²) >= 11 is 0. The fraction of sp³-hybridized carbons (Fsp3) is 0.227. The zero-order chi connectivity index (χ0) is 22.6. The second kappa shape index (κ2) is 7.27. The Kier molecular flexibility index (Phi) is 4.52. The van der Waals surface area contributed by atoms with Crippen LogP contribution in [-0.4, -0.2) is 61.7 Å². The number of hydrogen-bond donors (Lipinski definition) is 2.